The standard InChI is InChI=1S/C16H16FN3O4S/c1-9-4-5-12(7-14(9)17)15-18-16(24-20-15)11(3)25(21,22)8-13-6-10(2)19-23-13/h4-7,11H,8H2,1-3H3/t11-/m0/s1. The molecule has 0 aliphatic heterocycles. The molecule has 0 aliphatic rings. The lowest BCUT2D eigenvalue weighted by Gasteiger charge is -2.06. The molecule has 0 bridgehead atoms. The van der Waals surface area contributed by atoms with E-state index in [1.54, 1.807) is 32.0 Å². The predicted molar refractivity (Wildman–Crippen MR) is 86.7 cm³/mol. The molecule has 0 fully saturated rings. The molecule has 0 unspecified atom stereocenters. The fraction of sp³-hybridized carbons (Fsp3) is 0.312. The van der Waals surface area contributed by atoms with Gasteiger partial charge in [-0.25, -0.2) is 12.8 Å². The van der Waals surface area contributed by atoms with Crippen molar-refractivity contribution >= 4 is 9.84 Å². The second kappa shape index (κ2) is 6.40. The summed E-state index contributed by atoms with van der Waals surface area (Å²) >= 11 is 0. The van der Waals surface area contributed by atoms with E-state index in [-0.39, 0.29) is 23.2 Å². The van der Waals surface area contributed by atoms with Crippen LogP contribution >= 0.6 is 0 Å². The first kappa shape index (κ1) is 17.3. The van der Waals surface area contributed by atoms with E-state index in [4.69, 9.17) is 9.05 Å². The highest BCUT2D eigenvalue weighted by Gasteiger charge is 2.30. The van der Waals surface area contributed by atoms with Gasteiger partial charge in [0.05, 0.1) is 5.69 Å². The van der Waals surface area contributed by atoms with E-state index >= 15 is 0 Å². The van der Waals surface area contributed by atoms with Gasteiger partial charge in [-0.1, -0.05) is 22.4 Å². The van der Waals surface area contributed by atoms with Gasteiger partial charge in [-0.05, 0) is 32.4 Å². The maximum Gasteiger partial charge on any atom is 0.245 e. The molecule has 0 saturated heterocycles. The van der Waals surface area contributed by atoms with Crippen LogP contribution in [0.25, 0.3) is 11.4 Å². The van der Waals surface area contributed by atoms with Crippen molar-refractivity contribution in [3.05, 3.63) is 53.0 Å². The van der Waals surface area contributed by atoms with Crippen molar-refractivity contribution in [1.29, 1.82) is 0 Å². The van der Waals surface area contributed by atoms with Crippen LogP contribution in [0.1, 0.15) is 35.1 Å². The number of benzene rings is 1. The SMILES string of the molecule is Cc1cc(CS(=O)(=O)[C@@H](C)c2nc(-c3ccc(C)c(F)c3)no2)on1. The summed E-state index contributed by atoms with van der Waals surface area (Å²) in [6, 6.07) is 6.07. The van der Waals surface area contributed by atoms with Crippen molar-refractivity contribution in [1.82, 2.24) is 15.3 Å². The summed E-state index contributed by atoms with van der Waals surface area (Å²) in [6.07, 6.45) is 0. The highest BCUT2D eigenvalue weighted by molar-refractivity contribution is 7.90. The van der Waals surface area contributed by atoms with Crippen LogP contribution < -0.4 is 0 Å². The van der Waals surface area contributed by atoms with E-state index in [0.717, 1.165) is 0 Å². The van der Waals surface area contributed by atoms with Crippen LogP contribution in [0.3, 0.4) is 0 Å². The van der Waals surface area contributed by atoms with Gasteiger partial charge in [-0.15, -0.1) is 0 Å². The molecule has 0 N–H and O–H groups in total. The van der Waals surface area contributed by atoms with Gasteiger partial charge >= 0.3 is 0 Å². The van der Waals surface area contributed by atoms with Crippen molar-refractivity contribution in [3.63, 3.8) is 0 Å². The Hall–Kier alpha value is -2.55. The second-order valence-corrected chi connectivity index (χ2v) is 8.13. The number of hydrogen-bond acceptors (Lipinski definition) is 7. The highest BCUT2D eigenvalue weighted by atomic mass is 32.2. The summed E-state index contributed by atoms with van der Waals surface area (Å²) in [5.74, 6) is -0.417. The number of aromatic nitrogens is 3. The Morgan fingerprint density at radius 3 is 2.56 bits per heavy atom. The molecule has 2 heterocycles. The average molecular weight is 365 g/mol. The Morgan fingerprint density at radius 1 is 1.16 bits per heavy atom. The van der Waals surface area contributed by atoms with E-state index in [0.29, 0.717) is 16.8 Å². The monoisotopic (exact) mass is 365 g/mol. The lowest BCUT2D eigenvalue weighted by atomic mass is 10.1. The summed E-state index contributed by atoms with van der Waals surface area (Å²) in [7, 11) is -3.64. The normalized spacial score (nSPS) is 13.1. The molecule has 9 heteroatoms. The summed E-state index contributed by atoms with van der Waals surface area (Å²) in [4.78, 5) is 4.09. The zero-order chi connectivity index (χ0) is 18.2. The van der Waals surface area contributed by atoms with Gasteiger partial charge in [0.25, 0.3) is 0 Å². The van der Waals surface area contributed by atoms with Crippen molar-refractivity contribution in [2.24, 2.45) is 0 Å². The van der Waals surface area contributed by atoms with E-state index in [1.807, 2.05) is 0 Å². The van der Waals surface area contributed by atoms with Crippen LogP contribution in [0.4, 0.5) is 4.39 Å². The fourth-order valence-electron chi connectivity index (χ4n) is 2.21. The molecule has 1 atom stereocenters. The van der Waals surface area contributed by atoms with Crippen LogP contribution in [0.15, 0.2) is 33.3 Å². The number of halogens is 1. The second-order valence-electron chi connectivity index (χ2n) is 5.80. The van der Waals surface area contributed by atoms with Gasteiger partial charge in [0, 0.05) is 11.6 Å². The number of hydrogen-bond donors (Lipinski definition) is 0. The first-order valence-corrected chi connectivity index (χ1v) is 9.21. The lowest BCUT2D eigenvalue weighted by molar-refractivity contribution is 0.374. The first-order chi connectivity index (χ1) is 11.8. The quantitative estimate of drug-likeness (QED) is 0.685. The van der Waals surface area contributed by atoms with Gasteiger partial charge in [-0.3, -0.25) is 0 Å². The van der Waals surface area contributed by atoms with Crippen LogP contribution in [-0.2, 0) is 15.6 Å². The summed E-state index contributed by atoms with van der Waals surface area (Å²) in [6.45, 7) is 4.79. The Bertz CT molecular complexity index is 1010. The molecule has 0 radical (unpaired) electrons. The smallest absolute Gasteiger partial charge is 0.245 e. The molecule has 2 aromatic heterocycles. The molecule has 0 spiro atoms. The molecular formula is C16H16FN3O4S. The summed E-state index contributed by atoms with van der Waals surface area (Å²) in [5, 5.41) is 6.38. The van der Waals surface area contributed by atoms with Crippen LogP contribution in [0.5, 0.6) is 0 Å². The molecule has 3 aromatic rings. The molecule has 1 aromatic carbocycles. The van der Waals surface area contributed by atoms with Crippen molar-refractivity contribution in [2.75, 3.05) is 0 Å². The lowest BCUT2D eigenvalue weighted by Crippen LogP contribution is -2.13. The number of sulfone groups is 1. The Morgan fingerprint density at radius 2 is 1.92 bits per heavy atom. The molecule has 0 saturated carbocycles. The molecule has 7 nitrogen and oxygen atoms in total. The van der Waals surface area contributed by atoms with E-state index in [9.17, 15) is 12.8 Å². The fourth-order valence-corrected chi connectivity index (χ4v) is 3.40. The zero-order valence-electron chi connectivity index (χ0n) is 13.9. The third-order valence-electron chi connectivity index (χ3n) is 3.78. The summed E-state index contributed by atoms with van der Waals surface area (Å²) in [5.41, 5.74) is 1.50. The van der Waals surface area contributed by atoms with Gasteiger partial charge < -0.3 is 9.05 Å². The van der Waals surface area contributed by atoms with Crippen LogP contribution in [-0.4, -0.2) is 23.7 Å². The number of rotatable bonds is 5. The van der Waals surface area contributed by atoms with E-state index < -0.39 is 20.9 Å². The van der Waals surface area contributed by atoms with Gasteiger partial charge in [0.1, 0.15) is 16.8 Å². The minimum atomic E-state index is -3.64. The number of aryl methyl sites for hydroxylation is 2. The van der Waals surface area contributed by atoms with Crippen molar-refractivity contribution in [3.8, 4) is 11.4 Å². The predicted octanol–water partition coefficient (Wildman–Crippen LogP) is 3.16. The minimum Gasteiger partial charge on any atom is -0.360 e. The van der Waals surface area contributed by atoms with E-state index in [1.165, 1.54) is 13.0 Å². The van der Waals surface area contributed by atoms with Crippen LogP contribution in [0, 0.1) is 19.7 Å². The van der Waals surface area contributed by atoms with E-state index in [2.05, 4.69) is 15.3 Å². The van der Waals surface area contributed by atoms with Gasteiger partial charge in [0.15, 0.2) is 15.6 Å². The van der Waals surface area contributed by atoms with Gasteiger partial charge in [0.2, 0.25) is 11.7 Å². The summed E-state index contributed by atoms with van der Waals surface area (Å²) < 4.78 is 48.6. The van der Waals surface area contributed by atoms with Crippen molar-refractivity contribution < 1.29 is 21.9 Å². The molecule has 132 valence electrons. The maximum atomic E-state index is 13.7. The van der Waals surface area contributed by atoms with Crippen molar-refractivity contribution in [2.45, 2.75) is 31.8 Å². The largest absolute Gasteiger partial charge is 0.360 e. The molecule has 3 rings (SSSR count). The molecule has 0 aliphatic carbocycles. The first-order valence-electron chi connectivity index (χ1n) is 7.50. The third-order valence-corrected chi connectivity index (χ3v) is 5.74. The maximum absolute atomic E-state index is 13.7. The molecule has 25 heavy (non-hydrogen) atoms. The Labute approximate surface area is 143 Å². The zero-order valence-corrected chi connectivity index (χ0v) is 14.7. The highest BCUT2D eigenvalue weighted by Crippen LogP contribution is 2.27. The average Bonchev–Trinajstić information content (AvgIpc) is 3.18. The Balaban J connectivity index is 1.84. The third kappa shape index (κ3) is 3.60. The number of nitrogens with zero attached hydrogens (tertiary/aromatic N) is 3. The van der Waals surface area contributed by atoms with Crippen LogP contribution in [0.2, 0.25) is 0 Å². The topological polar surface area (TPSA) is 99.1 Å². The minimum absolute atomic E-state index is 0.0628. The molecule has 0 amide bonds. The van der Waals surface area contributed by atoms with Gasteiger partial charge in [-0.2, -0.15) is 4.98 Å². The molecular weight excluding hydrogens is 349 g/mol. The Kier molecular flexibility index (Phi) is 4.42.